The van der Waals surface area contributed by atoms with Crippen LogP contribution in [-0.2, 0) is 9.13 Å². The Kier molecular flexibility index (Phi) is 6.94. The summed E-state index contributed by atoms with van der Waals surface area (Å²) in [5.41, 5.74) is -0.202. The van der Waals surface area contributed by atoms with Crippen LogP contribution in [0.1, 0.15) is 12.8 Å². The van der Waals surface area contributed by atoms with Crippen LogP contribution >= 0.6 is 14.3 Å². The van der Waals surface area contributed by atoms with Crippen LogP contribution in [0.4, 0.5) is 0 Å². The lowest BCUT2D eigenvalue weighted by atomic mass is 10.1. The van der Waals surface area contributed by atoms with Crippen LogP contribution in [0.15, 0.2) is 121 Å². The minimum atomic E-state index is -3.01. The van der Waals surface area contributed by atoms with Crippen molar-refractivity contribution in [3.05, 3.63) is 121 Å². The standard InChI is InChI=1S/C30H30O3P2/c31-30-22-29(35(33,27-17-9-3-10-18-27)28-19-11-4-12-20-28)21-24(30)23-34(32,25-13-5-1-6-14-25)26-15-7-2-8-16-26/h1-20,24,29-31H,21-23H2/t24-,29+,30+/m0/s1. The molecule has 0 aliphatic heterocycles. The van der Waals surface area contributed by atoms with E-state index in [0.717, 1.165) is 21.2 Å². The average molecular weight is 501 g/mol. The molecule has 3 atom stereocenters. The summed E-state index contributed by atoms with van der Waals surface area (Å²) in [6.07, 6.45) is 0.727. The van der Waals surface area contributed by atoms with E-state index in [1.807, 2.05) is 121 Å². The third-order valence-corrected chi connectivity index (χ3v) is 14.1. The van der Waals surface area contributed by atoms with Gasteiger partial charge in [-0.3, -0.25) is 0 Å². The van der Waals surface area contributed by atoms with Crippen molar-refractivity contribution in [1.82, 2.24) is 0 Å². The Hall–Kier alpha value is -2.70. The number of rotatable bonds is 7. The largest absolute Gasteiger partial charge is 0.393 e. The van der Waals surface area contributed by atoms with Crippen LogP contribution in [0.2, 0.25) is 0 Å². The normalized spacial score (nSPS) is 20.5. The predicted molar refractivity (Wildman–Crippen MR) is 147 cm³/mol. The van der Waals surface area contributed by atoms with Gasteiger partial charge in [0.25, 0.3) is 0 Å². The number of aliphatic hydroxyl groups excluding tert-OH is 1. The highest BCUT2D eigenvalue weighted by Crippen LogP contribution is 2.58. The molecule has 0 unspecified atom stereocenters. The van der Waals surface area contributed by atoms with Crippen LogP contribution in [0, 0.1) is 5.92 Å². The Morgan fingerprint density at radius 1 is 0.571 bits per heavy atom. The molecule has 0 bridgehead atoms. The second-order valence-electron chi connectivity index (χ2n) is 9.38. The van der Waals surface area contributed by atoms with Gasteiger partial charge in [0.2, 0.25) is 0 Å². The second-order valence-corrected chi connectivity index (χ2v) is 15.3. The molecule has 0 saturated heterocycles. The van der Waals surface area contributed by atoms with Crippen molar-refractivity contribution in [3.8, 4) is 0 Å². The van der Waals surface area contributed by atoms with Gasteiger partial charge in [-0.15, -0.1) is 0 Å². The Bertz CT molecular complexity index is 1250. The van der Waals surface area contributed by atoms with E-state index in [4.69, 9.17) is 0 Å². The van der Waals surface area contributed by atoms with E-state index in [0.29, 0.717) is 19.0 Å². The number of hydrogen-bond acceptors (Lipinski definition) is 3. The molecule has 5 heteroatoms. The Morgan fingerprint density at radius 3 is 1.34 bits per heavy atom. The Balaban J connectivity index is 1.51. The molecule has 3 nitrogen and oxygen atoms in total. The summed E-state index contributed by atoms with van der Waals surface area (Å²) in [5, 5.41) is 14.5. The molecule has 1 aliphatic rings. The number of benzene rings is 4. The fourth-order valence-corrected chi connectivity index (χ4v) is 12.0. The van der Waals surface area contributed by atoms with Crippen LogP contribution in [-0.4, -0.2) is 23.0 Å². The summed E-state index contributed by atoms with van der Waals surface area (Å²) >= 11 is 0. The molecule has 1 N–H and O–H groups in total. The number of hydrogen-bond donors (Lipinski definition) is 1. The predicted octanol–water partition coefficient (Wildman–Crippen LogP) is 5.15. The molecule has 35 heavy (non-hydrogen) atoms. The zero-order valence-electron chi connectivity index (χ0n) is 19.6. The first-order valence-electron chi connectivity index (χ1n) is 12.1. The zero-order chi connectivity index (χ0) is 24.3. The molecule has 0 spiro atoms. The SMILES string of the molecule is O=P(C[C@@H]1C[C@@H](P(=O)(c2ccccc2)c2ccccc2)C[C@H]1O)(c1ccccc1)c1ccccc1. The maximum absolute atomic E-state index is 14.8. The maximum Gasteiger partial charge on any atom is 0.146 e. The molecule has 0 radical (unpaired) electrons. The Labute approximate surface area is 207 Å². The van der Waals surface area contributed by atoms with Crippen LogP contribution in [0.3, 0.4) is 0 Å². The molecule has 4 aromatic carbocycles. The van der Waals surface area contributed by atoms with Gasteiger partial charge in [-0.05, 0) is 18.8 Å². The smallest absolute Gasteiger partial charge is 0.146 e. The van der Waals surface area contributed by atoms with Crippen LogP contribution in [0.25, 0.3) is 0 Å². The van der Waals surface area contributed by atoms with Gasteiger partial charge in [0.05, 0.1) is 6.10 Å². The van der Waals surface area contributed by atoms with E-state index in [1.54, 1.807) is 0 Å². The molecule has 1 aliphatic carbocycles. The second kappa shape index (κ2) is 10.1. The summed E-state index contributed by atoms with van der Waals surface area (Å²) in [6.45, 7) is 0. The van der Waals surface area contributed by atoms with Gasteiger partial charge in [0.1, 0.15) is 14.3 Å². The van der Waals surface area contributed by atoms with Crippen molar-refractivity contribution in [1.29, 1.82) is 0 Å². The summed E-state index contributed by atoms with van der Waals surface area (Å²) in [5.74, 6) is -0.202. The fraction of sp³-hybridized carbons (Fsp3) is 0.200. The highest BCUT2D eigenvalue weighted by atomic mass is 31.2. The van der Waals surface area contributed by atoms with Gasteiger partial charge in [0.15, 0.2) is 0 Å². The summed E-state index contributed by atoms with van der Waals surface area (Å²) in [7, 11) is -5.99. The Morgan fingerprint density at radius 2 is 0.943 bits per heavy atom. The zero-order valence-corrected chi connectivity index (χ0v) is 21.3. The molecule has 0 aromatic heterocycles. The van der Waals surface area contributed by atoms with Gasteiger partial charge in [-0.25, -0.2) is 0 Å². The number of aliphatic hydroxyl groups is 1. The quantitative estimate of drug-likeness (QED) is 0.357. The van der Waals surface area contributed by atoms with Crippen molar-refractivity contribution in [2.75, 3.05) is 6.16 Å². The van der Waals surface area contributed by atoms with Gasteiger partial charge < -0.3 is 14.2 Å². The van der Waals surface area contributed by atoms with Crippen molar-refractivity contribution in [2.45, 2.75) is 24.6 Å². The summed E-state index contributed by atoms with van der Waals surface area (Å²) < 4.78 is 29.5. The highest BCUT2D eigenvalue weighted by Gasteiger charge is 2.47. The minimum absolute atomic E-state index is 0.202. The van der Waals surface area contributed by atoms with Crippen molar-refractivity contribution in [2.24, 2.45) is 5.92 Å². The van der Waals surface area contributed by atoms with Crippen LogP contribution in [0.5, 0.6) is 0 Å². The molecular formula is C30H30O3P2. The van der Waals surface area contributed by atoms with Crippen molar-refractivity contribution < 1.29 is 14.2 Å². The molecule has 1 fully saturated rings. The molecule has 0 amide bonds. The lowest BCUT2D eigenvalue weighted by Crippen LogP contribution is -2.26. The third kappa shape index (κ3) is 4.62. The topological polar surface area (TPSA) is 54.4 Å². The van der Waals surface area contributed by atoms with Gasteiger partial charge in [0, 0.05) is 33.0 Å². The van der Waals surface area contributed by atoms with Crippen molar-refractivity contribution in [3.63, 3.8) is 0 Å². The van der Waals surface area contributed by atoms with Gasteiger partial charge in [-0.1, -0.05) is 121 Å². The summed E-state index contributed by atoms with van der Waals surface area (Å²) in [6, 6.07) is 38.5. The third-order valence-electron chi connectivity index (χ3n) is 7.26. The van der Waals surface area contributed by atoms with Gasteiger partial charge in [-0.2, -0.15) is 0 Å². The van der Waals surface area contributed by atoms with E-state index in [9.17, 15) is 14.2 Å². The average Bonchev–Trinajstić information content (AvgIpc) is 3.30. The first-order chi connectivity index (χ1) is 17.0. The molecule has 0 heterocycles. The van der Waals surface area contributed by atoms with E-state index in [1.165, 1.54) is 0 Å². The van der Waals surface area contributed by atoms with E-state index in [-0.39, 0.29) is 11.6 Å². The van der Waals surface area contributed by atoms with Crippen LogP contribution < -0.4 is 21.2 Å². The minimum Gasteiger partial charge on any atom is -0.393 e. The lowest BCUT2D eigenvalue weighted by Gasteiger charge is -2.26. The monoisotopic (exact) mass is 500 g/mol. The van der Waals surface area contributed by atoms with E-state index >= 15 is 0 Å². The molecular weight excluding hydrogens is 470 g/mol. The lowest BCUT2D eigenvalue weighted by molar-refractivity contribution is 0.142. The van der Waals surface area contributed by atoms with E-state index < -0.39 is 20.4 Å². The first-order valence-corrected chi connectivity index (χ1v) is 15.8. The fourth-order valence-electron chi connectivity index (χ4n) is 5.46. The molecule has 4 aromatic rings. The van der Waals surface area contributed by atoms with Crippen molar-refractivity contribution >= 4 is 35.5 Å². The van der Waals surface area contributed by atoms with E-state index in [2.05, 4.69) is 0 Å². The molecule has 1 saturated carbocycles. The molecule has 5 rings (SSSR count). The van der Waals surface area contributed by atoms with Gasteiger partial charge >= 0.3 is 0 Å². The maximum atomic E-state index is 14.8. The first kappa shape index (κ1) is 24.0. The molecule has 178 valence electrons. The summed E-state index contributed by atoms with van der Waals surface area (Å²) in [4.78, 5) is 0. The highest BCUT2D eigenvalue weighted by molar-refractivity contribution is 7.79.